The predicted octanol–water partition coefficient (Wildman–Crippen LogP) is 4.21. The van der Waals surface area contributed by atoms with Crippen molar-refractivity contribution in [2.75, 3.05) is 5.32 Å². The monoisotopic (exact) mass is 446 g/mol. The SMILES string of the molecule is O=C(Nc1ccc([N+](=O)[O-])c(Br)c1)c1ccccc1I. The van der Waals surface area contributed by atoms with Crippen molar-refractivity contribution in [2.45, 2.75) is 0 Å². The smallest absolute Gasteiger partial charge is 0.283 e. The summed E-state index contributed by atoms with van der Waals surface area (Å²) in [4.78, 5) is 22.3. The molecular weight excluding hydrogens is 439 g/mol. The minimum absolute atomic E-state index is 0.0442. The van der Waals surface area contributed by atoms with E-state index in [2.05, 4.69) is 43.8 Å². The van der Waals surface area contributed by atoms with Crippen LogP contribution in [-0.4, -0.2) is 10.8 Å². The van der Waals surface area contributed by atoms with Crippen LogP contribution in [0.1, 0.15) is 10.4 Å². The summed E-state index contributed by atoms with van der Waals surface area (Å²) < 4.78 is 1.16. The molecule has 0 aliphatic carbocycles. The molecule has 0 atom stereocenters. The van der Waals surface area contributed by atoms with Crippen molar-refractivity contribution in [3.05, 3.63) is 66.2 Å². The molecule has 0 spiro atoms. The zero-order valence-corrected chi connectivity index (χ0v) is 13.7. The van der Waals surface area contributed by atoms with Crippen LogP contribution >= 0.6 is 38.5 Å². The molecule has 1 amide bonds. The fourth-order valence-electron chi connectivity index (χ4n) is 1.58. The molecule has 2 rings (SSSR count). The first kappa shape index (κ1) is 14.9. The van der Waals surface area contributed by atoms with Gasteiger partial charge in [-0.25, -0.2) is 0 Å². The van der Waals surface area contributed by atoms with E-state index >= 15 is 0 Å². The van der Waals surface area contributed by atoms with Crippen molar-refractivity contribution in [3.63, 3.8) is 0 Å². The molecule has 0 radical (unpaired) electrons. The molecule has 0 aliphatic rings. The molecule has 0 saturated heterocycles. The van der Waals surface area contributed by atoms with Gasteiger partial charge in [0.05, 0.1) is 15.0 Å². The van der Waals surface area contributed by atoms with Gasteiger partial charge in [0.15, 0.2) is 0 Å². The Labute approximate surface area is 136 Å². The molecule has 0 aliphatic heterocycles. The van der Waals surface area contributed by atoms with Gasteiger partial charge in [0, 0.05) is 15.3 Å². The molecule has 0 unspecified atom stereocenters. The molecule has 2 aromatic rings. The molecule has 5 nitrogen and oxygen atoms in total. The largest absolute Gasteiger partial charge is 0.322 e. The van der Waals surface area contributed by atoms with Crippen molar-refractivity contribution < 1.29 is 9.72 Å². The summed E-state index contributed by atoms with van der Waals surface area (Å²) in [5, 5.41) is 13.4. The third-order valence-corrected chi connectivity index (χ3v) is 4.10. The van der Waals surface area contributed by atoms with Crippen LogP contribution in [0, 0.1) is 13.7 Å². The number of nitro benzene ring substituents is 1. The van der Waals surface area contributed by atoms with Crippen LogP contribution in [0.25, 0.3) is 0 Å². The molecule has 0 fully saturated rings. The Bertz CT molecular complexity index is 691. The number of amides is 1. The molecule has 0 bridgehead atoms. The molecular formula is C13H8BrIN2O3. The highest BCUT2D eigenvalue weighted by molar-refractivity contribution is 14.1. The lowest BCUT2D eigenvalue weighted by Gasteiger charge is -2.07. The molecule has 102 valence electrons. The summed E-state index contributed by atoms with van der Waals surface area (Å²) in [7, 11) is 0. The van der Waals surface area contributed by atoms with Gasteiger partial charge >= 0.3 is 0 Å². The summed E-state index contributed by atoms with van der Waals surface area (Å²) in [6, 6.07) is 11.5. The van der Waals surface area contributed by atoms with Crippen LogP contribution in [0.3, 0.4) is 0 Å². The van der Waals surface area contributed by atoms with Crippen molar-refractivity contribution in [3.8, 4) is 0 Å². The summed E-state index contributed by atoms with van der Waals surface area (Å²) >= 11 is 5.19. The van der Waals surface area contributed by atoms with E-state index in [0.717, 1.165) is 3.57 Å². The molecule has 7 heteroatoms. The number of hydrogen-bond acceptors (Lipinski definition) is 3. The van der Waals surface area contributed by atoms with Crippen LogP contribution in [0.5, 0.6) is 0 Å². The average molecular weight is 447 g/mol. The van der Waals surface area contributed by atoms with Gasteiger partial charge in [0.1, 0.15) is 0 Å². The molecule has 1 N–H and O–H groups in total. The fraction of sp³-hybridized carbons (Fsp3) is 0. The van der Waals surface area contributed by atoms with Gasteiger partial charge in [-0.15, -0.1) is 0 Å². The van der Waals surface area contributed by atoms with Crippen LogP contribution in [-0.2, 0) is 0 Å². The number of nitrogens with one attached hydrogen (secondary N) is 1. The van der Waals surface area contributed by atoms with E-state index in [9.17, 15) is 14.9 Å². The Morgan fingerprint density at radius 2 is 1.95 bits per heavy atom. The first-order chi connectivity index (χ1) is 9.49. The van der Waals surface area contributed by atoms with Crippen LogP contribution in [0.2, 0.25) is 0 Å². The van der Waals surface area contributed by atoms with Gasteiger partial charge in [-0.2, -0.15) is 0 Å². The highest BCUT2D eigenvalue weighted by Gasteiger charge is 2.14. The second-order valence-electron chi connectivity index (χ2n) is 3.86. The summed E-state index contributed by atoms with van der Waals surface area (Å²) in [6.07, 6.45) is 0. The standard InChI is InChI=1S/C13H8BrIN2O3/c14-10-7-8(5-6-12(10)17(19)20)16-13(18)9-3-1-2-4-11(9)15/h1-7H,(H,16,18). The summed E-state index contributed by atoms with van der Waals surface area (Å²) in [5.41, 5.74) is 1.01. The molecule has 2 aromatic carbocycles. The van der Waals surface area contributed by atoms with Crippen LogP contribution in [0.4, 0.5) is 11.4 Å². The minimum Gasteiger partial charge on any atom is -0.322 e. The number of nitrogens with zero attached hydrogens (tertiary/aromatic N) is 1. The lowest BCUT2D eigenvalue weighted by molar-refractivity contribution is -0.385. The van der Waals surface area contributed by atoms with Gasteiger partial charge in [0.2, 0.25) is 0 Å². The van der Waals surface area contributed by atoms with E-state index in [1.54, 1.807) is 12.1 Å². The Kier molecular flexibility index (Phi) is 4.71. The van der Waals surface area contributed by atoms with Crippen molar-refractivity contribution in [1.82, 2.24) is 0 Å². The summed E-state index contributed by atoms with van der Waals surface area (Å²) in [6.45, 7) is 0. The third kappa shape index (κ3) is 3.34. The van der Waals surface area contributed by atoms with E-state index in [4.69, 9.17) is 0 Å². The number of carbonyl (C=O) groups excluding carboxylic acids is 1. The van der Waals surface area contributed by atoms with E-state index in [1.165, 1.54) is 18.2 Å². The van der Waals surface area contributed by atoms with E-state index in [0.29, 0.717) is 15.7 Å². The van der Waals surface area contributed by atoms with E-state index in [1.807, 2.05) is 12.1 Å². The first-order valence-corrected chi connectivity index (χ1v) is 7.36. The highest BCUT2D eigenvalue weighted by Crippen LogP contribution is 2.28. The number of anilines is 1. The Balaban J connectivity index is 2.23. The van der Waals surface area contributed by atoms with Gasteiger partial charge in [-0.05, 0) is 62.8 Å². The number of benzene rings is 2. The van der Waals surface area contributed by atoms with Gasteiger partial charge in [0.25, 0.3) is 11.6 Å². The van der Waals surface area contributed by atoms with E-state index < -0.39 is 4.92 Å². The Hall–Kier alpha value is -1.48. The topological polar surface area (TPSA) is 72.2 Å². The third-order valence-electron chi connectivity index (χ3n) is 2.52. The van der Waals surface area contributed by atoms with Crippen LogP contribution < -0.4 is 5.32 Å². The van der Waals surface area contributed by atoms with E-state index in [-0.39, 0.29) is 11.6 Å². The first-order valence-electron chi connectivity index (χ1n) is 5.49. The number of nitro groups is 1. The predicted molar refractivity (Wildman–Crippen MR) is 87.9 cm³/mol. The molecule has 0 saturated carbocycles. The van der Waals surface area contributed by atoms with Gasteiger partial charge in [-0.1, -0.05) is 12.1 Å². The maximum Gasteiger partial charge on any atom is 0.283 e. The fourth-order valence-corrected chi connectivity index (χ4v) is 2.73. The Morgan fingerprint density at radius 3 is 2.55 bits per heavy atom. The normalized spacial score (nSPS) is 10.1. The maximum atomic E-state index is 12.1. The van der Waals surface area contributed by atoms with Crippen molar-refractivity contribution in [2.24, 2.45) is 0 Å². The van der Waals surface area contributed by atoms with Crippen molar-refractivity contribution in [1.29, 1.82) is 0 Å². The highest BCUT2D eigenvalue weighted by atomic mass is 127. The number of halogens is 2. The lowest BCUT2D eigenvalue weighted by Crippen LogP contribution is -2.13. The molecule has 0 heterocycles. The maximum absolute atomic E-state index is 12.1. The van der Waals surface area contributed by atoms with Crippen LogP contribution in [0.15, 0.2) is 46.9 Å². The number of hydrogen-bond donors (Lipinski definition) is 1. The second-order valence-corrected chi connectivity index (χ2v) is 5.87. The summed E-state index contributed by atoms with van der Waals surface area (Å²) in [5.74, 6) is -0.254. The second kappa shape index (κ2) is 6.31. The average Bonchev–Trinajstić information content (AvgIpc) is 2.38. The number of carbonyl (C=O) groups is 1. The number of rotatable bonds is 3. The quantitative estimate of drug-likeness (QED) is 0.436. The Morgan fingerprint density at radius 1 is 1.25 bits per heavy atom. The van der Waals surface area contributed by atoms with Gasteiger partial charge < -0.3 is 5.32 Å². The minimum atomic E-state index is -0.490. The lowest BCUT2D eigenvalue weighted by atomic mass is 10.2. The van der Waals surface area contributed by atoms with Gasteiger partial charge in [-0.3, -0.25) is 14.9 Å². The zero-order chi connectivity index (χ0) is 14.7. The molecule has 20 heavy (non-hydrogen) atoms. The zero-order valence-electron chi connectivity index (χ0n) is 9.97. The molecule has 0 aromatic heterocycles. The van der Waals surface area contributed by atoms with Crippen molar-refractivity contribution >= 4 is 55.8 Å².